The van der Waals surface area contributed by atoms with Crippen LogP contribution >= 0.6 is 0 Å². The molecule has 5 rings (SSSR count). The Morgan fingerprint density at radius 1 is 0.806 bits per heavy atom. The van der Waals surface area contributed by atoms with Gasteiger partial charge in [-0.3, -0.25) is 4.90 Å². The van der Waals surface area contributed by atoms with Crippen LogP contribution in [0, 0.1) is 5.82 Å². The molecule has 4 heteroatoms. The average molecular weight is 413 g/mol. The second-order valence-corrected chi connectivity index (χ2v) is 7.93. The van der Waals surface area contributed by atoms with E-state index in [9.17, 15) is 4.39 Å². The molecule has 156 valence electrons. The van der Waals surface area contributed by atoms with E-state index in [0.717, 1.165) is 42.1 Å². The Balaban J connectivity index is 1.52. The van der Waals surface area contributed by atoms with Crippen molar-refractivity contribution in [1.29, 1.82) is 0 Å². The van der Waals surface area contributed by atoms with Crippen molar-refractivity contribution in [2.45, 2.75) is 25.6 Å². The molecule has 0 N–H and O–H groups in total. The van der Waals surface area contributed by atoms with Gasteiger partial charge in [0.15, 0.2) is 0 Å². The molecule has 3 aromatic carbocycles. The van der Waals surface area contributed by atoms with E-state index in [4.69, 9.17) is 4.74 Å². The number of aromatic nitrogens is 1. The van der Waals surface area contributed by atoms with Crippen LogP contribution in [0.15, 0.2) is 97.2 Å². The topological polar surface area (TPSA) is 17.4 Å². The first-order valence-electron chi connectivity index (χ1n) is 10.7. The van der Waals surface area contributed by atoms with Gasteiger partial charge in [-0.05, 0) is 54.4 Å². The minimum absolute atomic E-state index is 0.0245. The third kappa shape index (κ3) is 4.25. The van der Waals surface area contributed by atoms with Crippen molar-refractivity contribution < 1.29 is 9.13 Å². The van der Waals surface area contributed by atoms with Gasteiger partial charge >= 0.3 is 0 Å². The van der Waals surface area contributed by atoms with Crippen molar-refractivity contribution in [2.24, 2.45) is 0 Å². The minimum atomic E-state index is -0.151. The number of hydrogen-bond donors (Lipinski definition) is 0. The van der Waals surface area contributed by atoms with Crippen LogP contribution in [0.5, 0.6) is 11.5 Å². The molecule has 2 heterocycles. The number of aryl methyl sites for hydroxylation is 1. The molecule has 0 saturated carbocycles. The lowest BCUT2D eigenvalue weighted by Crippen LogP contribution is -2.29. The number of ether oxygens (including phenoxy) is 1. The molecule has 4 aromatic rings. The summed E-state index contributed by atoms with van der Waals surface area (Å²) >= 11 is 0. The van der Waals surface area contributed by atoms with E-state index in [0.29, 0.717) is 6.54 Å². The molecule has 0 radical (unpaired) electrons. The number of fused-ring (bicyclic) bond motifs is 1. The first-order chi connectivity index (χ1) is 15.3. The van der Waals surface area contributed by atoms with Gasteiger partial charge < -0.3 is 9.30 Å². The Bertz CT molecular complexity index is 1150. The number of hydrogen-bond acceptors (Lipinski definition) is 2. The van der Waals surface area contributed by atoms with Gasteiger partial charge in [0, 0.05) is 37.1 Å². The van der Waals surface area contributed by atoms with Crippen molar-refractivity contribution in [3.8, 4) is 11.5 Å². The van der Waals surface area contributed by atoms with E-state index < -0.39 is 0 Å². The van der Waals surface area contributed by atoms with Gasteiger partial charge in [0.1, 0.15) is 17.3 Å². The zero-order valence-electron chi connectivity index (χ0n) is 17.3. The van der Waals surface area contributed by atoms with E-state index in [1.165, 1.54) is 5.69 Å². The summed E-state index contributed by atoms with van der Waals surface area (Å²) in [6, 6.07) is 29.4. The molecule has 0 bridgehead atoms. The summed E-state index contributed by atoms with van der Waals surface area (Å²) in [6.07, 6.45) is 3.16. The molecule has 0 fully saturated rings. The van der Waals surface area contributed by atoms with Gasteiger partial charge in [0.25, 0.3) is 0 Å². The van der Waals surface area contributed by atoms with Gasteiger partial charge in [-0.2, -0.15) is 0 Å². The van der Waals surface area contributed by atoms with Crippen LogP contribution in [0.3, 0.4) is 0 Å². The summed E-state index contributed by atoms with van der Waals surface area (Å²) in [5.41, 5.74) is 3.10. The number of rotatable bonds is 5. The summed E-state index contributed by atoms with van der Waals surface area (Å²) in [7, 11) is 0. The maximum atomic E-state index is 14.5. The maximum Gasteiger partial charge on any atom is 0.127 e. The van der Waals surface area contributed by atoms with Crippen LogP contribution in [-0.4, -0.2) is 16.0 Å². The molecule has 1 atom stereocenters. The lowest BCUT2D eigenvalue weighted by molar-refractivity contribution is 0.217. The molecule has 1 aliphatic rings. The van der Waals surface area contributed by atoms with Gasteiger partial charge in [-0.15, -0.1) is 0 Å². The quantitative estimate of drug-likeness (QED) is 0.377. The van der Waals surface area contributed by atoms with Crippen LogP contribution in [-0.2, 0) is 13.1 Å². The largest absolute Gasteiger partial charge is 0.457 e. The van der Waals surface area contributed by atoms with E-state index in [1.54, 1.807) is 12.1 Å². The van der Waals surface area contributed by atoms with Gasteiger partial charge in [-0.25, -0.2) is 4.39 Å². The predicted molar refractivity (Wildman–Crippen MR) is 121 cm³/mol. The van der Waals surface area contributed by atoms with Crippen LogP contribution in [0.1, 0.15) is 29.3 Å². The van der Waals surface area contributed by atoms with Crippen LogP contribution in [0.4, 0.5) is 4.39 Å². The summed E-state index contributed by atoms with van der Waals surface area (Å²) in [5, 5.41) is 0. The van der Waals surface area contributed by atoms with Crippen LogP contribution in [0.25, 0.3) is 0 Å². The minimum Gasteiger partial charge on any atom is -0.457 e. The summed E-state index contributed by atoms with van der Waals surface area (Å²) in [5.74, 6) is 1.46. The Morgan fingerprint density at radius 2 is 1.61 bits per heavy atom. The number of nitrogens with zero attached hydrogens (tertiary/aromatic N) is 2. The second kappa shape index (κ2) is 8.78. The third-order valence-corrected chi connectivity index (χ3v) is 5.84. The van der Waals surface area contributed by atoms with E-state index in [2.05, 4.69) is 39.9 Å². The van der Waals surface area contributed by atoms with Gasteiger partial charge in [0.2, 0.25) is 0 Å². The lowest BCUT2D eigenvalue weighted by atomic mass is 10.0. The zero-order valence-corrected chi connectivity index (χ0v) is 17.3. The molecule has 0 spiro atoms. The van der Waals surface area contributed by atoms with Crippen LogP contribution in [0.2, 0.25) is 0 Å². The lowest BCUT2D eigenvalue weighted by Gasteiger charge is -2.31. The SMILES string of the molecule is Fc1ccccc1CN1CCCn2cccc2[C@@H]1c1cccc(Oc2ccccc2)c1. The predicted octanol–water partition coefficient (Wildman–Crippen LogP) is 6.41. The number of halogens is 1. The summed E-state index contributed by atoms with van der Waals surface area (Å²) < 4.78 is 22.9. The Labute approximate surface area is 182 Å². The van der Waals surface area contributed by atoms with Crippen molar-refractivity contribution in [2.75, 3.05) is 6.54 Å². The highest BCUT2D eigenvalue weighted by Crippen LogP contribution is 2.35. The fraction of sp³-hybridized carbons (Fsp3) is 0.185. The Morgan fingerprint density at radius 3 is 2.48 bits per heavy atom. The second-order valence-electron chi connectivity index (χ2n) is 7.93. The molecule has 0 unspecified atom stereocenters. The maximum absolute atomic E-state index is 14.5. The highest BCUT2D eigenvalue weighted by molar-refractivity contribution is 5.38. The van der Waals surface area contributed by atoms with E-state index >= 15 is 0 Å². The van der Waals surface area contributed by atoms with Crippen molar-refractivity contribution in [1.82, 2.24) is 9.47 Å². The zero-order chi connectivity index (χ0) is 21.0. The molecule has 1 aromatic heterocycles. The smallest absolute Gasteiger partial charge is 0.127 e. The molecule has 1 aliphatic heterocycles. The first kappa shape index (κ1) is 19.6. The molecule has 3 nitrogen and oxygen atoms in total. The van der Waals surface area contributed by atoms with Crippen molar-refractivity contribution in [3.05, 3.63) is 120 Å². The van der Waals surface area contributed by atoms with E-state index in [1.807, 2.05) is 54.6 Å². The monoisotopic (exact) mass is 412 g/mol. The molecule has 0 saturated heterocycles. The molecular formula is C27H25FN2O. The number of benzene rings is 3. The number of para-hydroxylation sites is 1. The fourth-order valence-corrected chi connectivity index (χ4v) is 4.41. The molecular weight excluding hydrogens is 387 g/mol. The molecule has 31 heavy (non-hydrogen) atoms. The van der Waals surface area contributed by atoms with Crippen molar-refractivity contribution in [3.63, 3.8) is 0 Å². The molecule has 0 aliphatic carbocycles. The summed E-state index contributed by atoms with van der Waals surface area (Å²) in [4.78, 5) is 2.37. The Kier molecular flexibility index (Phi) is 5.55. The summed E-state index contributed by atoms with van der Waals surface area (Å²) in [6.45, 7) is 2.42. The van der Waals surface area contributed by atoms with Gasteiger partial charge in [0.05, 0.1) is 6.04 Å². The highest BCUT2D eigenvalue weighted by Gasteiger charge is 2.28. The molecule has 0 amide bonds. The van der Waals surface area contributed by atoms with Crippen LogP contribution < -0.4 is 4.74 Å². The highest BCUT2D eigenvalue weighted by atomic mass is 19.1. The third-order valence-electron chi connectivity index (χ3n) is 5.84. The van der Waals surface area contributed by atoms with Crippen molar-refractivity contribution >= 4 is 0 Å². The van der Waals surface area contributed by atoms with Gasteiger partial charge in [-0.1, -0.05) is 48.5 Å². The normalized spacial score (nSPS) is 16.5. The standard InChI is InChI=1S/C27H25FN2O/c28-25-14-5-4-9-22(25)20-30-18-8-17-29-16-7-15-26(29)27(30)21-10-6-13-24(19-21)31-23-11-2-1-3-12-23/h1-7,9-16,19,27H,8,17-18,20H2/t27-/m0/s1. The van der Waals surface area contributed by atoms with E-state index in [-0.39, 0.29) is 11.9 Å². The fourth-order valence-electron chi connectivity index (χ4n) is 4.41. The average Bonchev–Trinajstić information content (AvgIpc) is 3.17. The first-order valence-corrected chi connectivity index (χ1v) is 10.7. The Hall–Kier alpha value is -3.37.